The number of nitrogens with one attached hydrogen (secondary N) is 1. The van der Waals surface area contributed by atoms with Crippen molar-refractivity contribution in [2.45, 2.75) is 19.4 Å². The molecule has 0 aliphatic heterocycles. The molecule has 0 aliphatic rings. The number of methoxy groups -OCH3 is 2. The Hall–Kier alpha value is -2.49. The second-order valence-corrected chi connectivity index (χ2v) is 4.88. The van der Waals surface area contributed by atoms with Gasteiger partial charge in [-0.25, -0.2) is 0 Å². The van der Waals surface area contributed by atoms with Crippen LogP contribution in [0, 0.1) is 0 Å². The maximum Gasteiger partial charge on any atom is 0.259 e. The minimum atomic E-state index is -0.204. The summed E-state index contributed by atoms with van der Waals surface area (Å²) >= 11 is 0. The topological polar surface area (TPSA) is 47.6 Å². The summed E-state index contributed by atoms with van der Waals surface area (Å²) in [6.07, 6.45) is 0.799. The molecule has 0 saturated carbocycles. The average Bonchev–Trinajstić information content (AvgIpc) is 2.59. The number of carbonyl (C=O) groups excluding carboxylic acids is 1. The van der Waals surface area contributed by atoms with Gasteiger partial charge in [0.1, 0.15) is 17.1 Å². The highest BCUT2D eigenvalue weighted by atomic mass is 16.5. The Balaban J connectivity index is 2.28. The number of hydrogen-bond donors (Lipinski definition) is 1. The predicted octanol–water partition coefficient (Wildman–Crippen LogP) is 3.58. The minimum Gasteiger partial charge on any atom is -0.496 e. The average molecular weight is 299 g/mol. The summed E-state index contributed by atoms with van der Waals surface area (Å²) in [5.41, 5.74) is 1.49. The lowest BCUT2D eigenvalue weighted by Gasteiger charge is -2.19. The molecule has 22 heavy (non-hydrogen) atoms. The molecule has 0 unspecified atom stereocenters. The van der Waals surface area contributed by atoms with Gasteiger partial charge in [0.25, 0.3) is 5.91 Å². The Morgan fingerprint density at radius 2 is 1.59 bits per heavy atom. The van der Waals surface area contributed by atoms with Crippen molar-refractivity contribution in [2.75, 3.05) is 14.2 Å². The van der Waals surface area contributed by atoms with Crippen molar-refractivity contribution >= 4 is 5.91 Å². The van der Waals surface area contributed by atoms with Crippen molar-refractivity contribution in [1.29, 1.82) is 0 Å². The van der Waals surface area contributed by atoms with Crippen LogP contribution in [0.3, 0.4) is 0 Å². The van der Waals surface area contributed by atoms with Crippen LogP contribution in [-0.2, 0) is 0 Å². The van der Waals surface area contributed by atoms with Crippen molar-refractivity contribution < 1.29 is 14.3 Å². The van der Waals surface area contributed by atoms with Crippen molar-refractivity contribution in [2.24, 2.45) is 0 Å². The maximum atomic E-state index is 12.7. The number of ether oxygens (including phenoxy) is 2. The van der Waals surface area contributed by atoms with E-state index in [9.17, 15) is 4.79 Å². The molecule has 0 heterocycles. The molecule has 2 aromatic carbocycles. The first-order chi connectivity index (χ1) is 10.7. The Bertz CT molecular complexity index is 603. The van der Waals surface area contributed by atoms with E-state index in [0.717, 1.165) is 12.0 Å². The van der Waals surface area contributed by atoms with E-state index in [0.29, 0.717) is 17.1 Å². The van der Waals surface area contributed by atoms with Crippen LogP contribution in [0.4, 0.5) is 0 Å². The fourth-order valence-electron chi connectivity index (χ4n) is 2.41. The predicted molar refractivity (Wildman–Crippen MR) is 86.5 cm³/mol. The molecule has 0 bridgehead atoms. The van der Waals surface area contributed by atoms with E-state index in [-0.39, 0.29) is 11.9 Å². The van der Waals surface area contributed by atoms with Crippen molar-refractivity contribution in [3.05, 3.63) is 59.7 Å². The molecule has 116 valence electrons. The van der Waals surface area contributed by atoms with Crippen LogP contribution < -0.4 is 14.8 Å². The smallest absolute Gasteiger partial charge is 0.259 e. The third kappa shape index (κ3) is 3.39. The van der Waals surface area contributed by atoms with Gasteiger partial charge in [-0.3, -0.25) is 4.79 Å². The highest BCUT2D eigenvalue weighted by Crippen LogP contribution is 2.29. The highest BCUT2D eigenvalue weighted by Gasteiger charge is 2.21. The van der Waals surface area contributed by atoms with E-state index in [1.165, 1.54) is 0 Å². The van der Waals surface area contributed by atoms with E-state index >= 15 is 0 Å². The molecule has 1 atom stereocenters. The molecule has 0 aromatic heterocycles. The minimum absolute atomic E-state index is 0.0525. The van der Waals surface area contributed by atoms with Crippen LogP contribution >= 0.6 is 0 Å². The number of rotatable bonds is 6. The van der Waals surface area contributed by atoms with Gasteiger partial charge in [0.15, 0.2) is 0 Å². The van der Waals surface area contributed by atoms with E-state index in [4.69, 9.17) is 9.47 Å². The zero-order chi connectivity index (χ0) is 15.9. The summed E-state index contributed by atoms with van der Waals surface area (Å²) in [7, 11) is 3.08. The third-order valence-electron chi connectivity index (χ3n) is 3.57. The number of carbonyl (C=O) groups is 1. The van der Waals surface area contributed by atoms with Gasteiger partial charge in [0, 0.05) is 0 Å². The third-order valence-corrected chi connectivity index (χ3v) is 3.57. The molecule has 2 aromatic rings. The van der Waals surface area contributed by atoms with Gasteiger partial charge in [-0.15, -0.1) is 0 Å². The summed E-state index contributed by atoms with van der Waals surface area (Å²) < 4.78 is 10.6. The Kier molecular flexibility index (Phi) is 5.42. The summed E-state index contributed by atoms with van der Waals surface area (Å²) in [6.45, 7) is 2.04. The van der Waals surface area contributed by atoms with Crippen LogP contribution in [0.5, 0.6) is 11.5 Å². The van der Waals surface area contributed by atoms with Crippen LogP contribution in [0.2, 0.25) is 0 Å². The van der Waals surface area contributed by atoms with E-state index < -0.39 is 0 Å². The lowest BCUT2D eigenvalue weighted by Crippen LogP contribution is -2.28. The Morgan fingerprint density at radius 3 is 2.09 bits per heavy atom. The molecule has 0 radical (unpaired) electrons. The van der Waals surface area contributed by atoms with Crippen LogP contribution in [0.25, 0.3) is 0 Å². The largest absolute Gasteiger partial charge is 0.496 e. The van der Waals surface area contributed by atoms with E-state index in [1.807, 2.05) is 37.3 Å². The van der Waals surface area contributed by atoms with Crippen molar-refractivity contribution in [1.82, 2.24) is 5.32 Å². The van der Waals surface area contributed by atoms with Gasteiger partial charge < -0.3 is 14.8 Å². The lowest BCUT2D eigenvalue weighted by molar-refractivity contribution is 0.0929. The van der Waals surface area contributed by atoms with Crippen LogP contribution in [0.1, 0.15) is 35.3 Å². The quantitative estimate of drug-likeness (QED) is 0.887. The van der Waals surface area contributed by atoms with Crippen LogP contribution in [-0.4, -0.2) is 20.1 Å². The summed E-state index contributed by atoms with van der Waals surface area (Å²) in [6, 6.07) is 15.2. The maximum absolute atomic E-state index is 12.7. The van der Waals surface area contributed by atoms with Crippen molar-refractivity contribution in [3.8, 4) is 11.5 Å². The molecule has 0 spiro atoms. The van der Waals surface area contributed by atoms with Gasteiger partial charge >= 0.3 is 0 Å². The summed E-state index contributed by atoms with van der Waals surface area (Å²) in [5.74, 6) is 0.796. The highest BCUT2D eigenvalue weighted by molar-refractivity contribution is 6.00. The van der Waals surface area contributed by atoms with Gasteiger partial charge in [-0.05, 0) is 24.1 Å². The summed E-state index contributed by atoms with van der Waals surface area (Å²) in [5, 5.41) is 3.05. The number of amides is 1. The molecule has 1 N–H and O–H groups in total. The zero-order valence-electron chi connectivity index (χ0n) is 13.1. The first kappa shape index (κ1) is 15.9. The molecular weight excluding hydrogens is 278 g/mol. The molecule has 2 rings (SSSR count). The summed E-state index contributed by atoms with van der Waals surface area (Å²) in [4.78, 5) is 12.7. The molecule has 0 saturated heterocycles. The molecular formula is C18H21NO3. The van der Waals surface area contributed by atoms with Gasteiger partial charge in [-0.2, -0.15) is 0 Å². The molecule has 0 aliphatic carbocycles. The van der Waals surface area contributed by atoms with Crippen molar-refractivity contribution in [3.63, 3.8) is 0 Å². The Labute approximate surface area is 131 Å². The number of benzene rings is 2. The fraction of sp³-hybridized carbons (Fsp3) is 0.278. The van der Waals surface area contributed by atoms with E-state index in [1.54, 1.807) is 32.4 Å². The fourth-order valence-corrected chi connectivity index (χ4v) is 2.41. The lowest BCUT2D eigenvalue weighted by atomic mass is 10.0. The first-order valence-corrected chi connectivity index (χ1v) is 7.28. The molecule has 1 amide bonds. The molecule has 4 heteroatoms. The molecule has 0 fully saturated rings. The van der Waals surface area contributed by atoms with E-state index in [2.05, 4.69) is 5.32 Å². The second-order valence-electron chi connectivity index (χ2n) is 4.88. The van der Waals surface area contributed by atoms with Gasteiger partial charge in [-0.1, -0.05) is 43.3 Å². The molecule has 4 nitrogen and oxygen atoms in total. The second kappa shape index (κ2) is 7.50. The number of hydrogen-bond acceptors (Lipinski definition) is 3. The monoisotopic (exact) mass is 299 g/mol. The normalized spacial score (nSPS) is 11.6. The van der Waals surface area contributed by atoms with Crippen LogP contribution in [0.15, 0.2) is 48.5 Å². The van der Waals surface area contributed by atoms with Gasteiger partial charge in [0.05, 0.1) is 20.3 Å². The Morgan fingerprint density at radius 1 is 1.00 bits per heavy atom. The zero-order valence-corrected chi connectivity index (χ0v) is 13.1. The standard InChI is InChI=1S/C18H21NO3/c1-4-14(13-9-6-5-7-10-13)19-18(20)17-15(21-2)11-8-12-16(17)22-3/h5-12,14H,4H2,1-3H3,(H,19,20)/t14-/m0/s1. The van der Waals surface area contributed by atoms with Gasteiger partial charge in [0.2, 0.25) is 0 Å². The first-order valence-electron chi connectivity index (χ1n) is 7.28. The SMILES string of the molecule is CC[C@H](NC(=O)c1c(OC)cccc1OC)c1ccccc1.